The summed E-state index contributed by atoms with van der Waals surface area (Å²) in [6, 6.07) is 6.79. The van der Waals surface area contributed by atoms with E-state index >= 15 is 0 Å². The van der Waals surface area contributed by atoms with Gasteiger partial charge in [0.25, 0.3) is 0 Å². The van der Waals surface area contributed by atoms with E-state index in [-0.39, 0.29) is 19.1 Å². The summed E-state index contributed by atoms with van der Waals surface area (Å²) in [6.45, 7) is 6.60. The molecule has 1 amide bonds. The first-order valence-corrected chi connectivity index (χ1v) is 8.87. The van der Waals surface area contributed by atoms with E-state index in [0.29, 0.717) is 5.75 Å². The van der Waals surface area contributed by atoms with E-state index in [0.717, 1.165) is 17.8 Å². The smallest absolute Gasteiger partial charge is 0.328 e. The van der Waals surface area contributed by atoms with Gasteiger partial charge in [0, 0.05) is 25.0 Å². The first kappa shape index (κ1) is 21.3. The van der Waals surface area contributed by atoms with Crippen molar-refractivity contribution >= 4 is 30.2 Å². The van der Waals surface area contributed by atoms with Crippen molar-refractivity contribution < 1.29 is 19.4 Å². The van der Waals surface area contributed by atoms with Crippen LogP contribution in [0.3, 0.4) is 0 Å². The molecule has 1 rings (SSSR count). The Hall–Kier alpha value is -1.73. The number of amides is 1. The second-order valence-electron chi connectivity index (χ2n) is 6.60. The van der Waals surface area contributed by atoms with Crippen LogP contribution in [0.2, 0.25) is 0 Å². The summed E-state index contributed by atoms with van der Waals surface area (Å²) < 4.78 is 5.49. The zero-order valence-electron chi connectivity index (χ0n) is 15.3. The Kier molecular flexibility index (Phi) is 8.25. The van der Waals surface area contributed by atoms with Gasteiger partial charge in [-0.25, -0.2) is 4.79 Å². The summed E-state index contributed by atoms with van der Waals surface area (Å²) in [4.78, 5) is 25.5. The van der Waals surface area contributed by atoms with Crippen molar-refractivity contribution in [2.75, 3.05) is 30.9 Å². The van der Waals surface area contributed by atoms with Gasteiger partial charge in [0.2, 0.25) is 5.91 Å². The monoisotopic (exact) mass is 368 g/mol. The number of hydrogen-bond donors (Lipinski definition) is 3. The maximum Gasteiger partial charge on any atom is 0.328 e. The van der Waals surface area contributed by atoms with E-state index in [9.17, 15) is 14.7 Å². The number of carbonyl (C=O) groups is 2. The zero-order chi connectivity index (χ0) is 19.0. The second-order valence-corrected chi connectivity index (χ2v) is 6.92. The molecular formula is C18H28N2O4S. The zero-order valence-corrected chi connectivity index (χ0v) is 16.2. The molecule has 25 heavy (non-hydrogen) atoms. The molecule has 0 unspecified atom stereocenters. The summed E-state index contributed by atoms with van der Waals surface area (Å²) >= 11 is 4.12. The number of rotatable bonds is 10. The quantitative estimate of drug-likeness (QED) is 0.552. The third-order valence-corrected chi connectivity index (χ3v) is 4.81. The van der Waals surface area contributed by atoms with Crippen LogP contribution in [0.15, 0.2) is 24.3 Å². The molecule has 0 fully saturated rings. The number of carbonyl (C=O) groups excluding carboxylic acids is 1. The summed E-state index contributed by atoms with van der Waals surface area (Å²) in [7, 11) is 2.01. The molecule has 0 aliphatic rings. The Labute approximate surface area is 155 Å². The summed E-state index contributed by atoms with van der Waals surface area (Å²) in [5, 5.41) is 11.8. The first-order chi connectivity index (χ1) is 11.7. The molecular weight excluding hydrogens is 340 g/mol. The van der Waals surface area contributed by atoms with Gasteiger partial charge in [0.1, 0.15) is 0 Å². The van der Waals surface area contributed by atoms with E-state index in [4.69, 9.17) is 4.74 Å². The van der Waals surface area contributed by atoms with Gasteiger partial charge in [-0.2, -0.15) is 12.6 Å². The minimum atomic E-state index is -1.12. The molecule has 1 aromatic carbocycles. The molecule has 7 heteroatoms. The highest BCUT2D eigenvalue weighted by Gasteiger charge is 2.30. The molecule has 1 atom stereocenters. The topological polar surface area (TPSA) is 78.9 Å². The van der Waals surface area contributed by atoms with E-state index in [1.165, 1.54) is 0 Å². The number of thiol groups is 1. The number of aliphatic carboxylic acids is 1. The van der Waals surface area contributed by atoms with Gasteiger partial charge in [-0.05, 0) is 24.6 Å². The van der Waals surface area contributed by atoms with Gasteiger partial charge in [-0.15, -0.1) is 0 Å². The highest BCUT2D eigenvalue weighted by molar-refractivity contribution is 7.80. The lowest BCUT2D eigenvalue weighted by molar-refractivity contribution is -0.145. The van der Waals surface area contributed by atoms with Crippen LogP contribution in [0.1, 0.15) is 26.3 Å². The Morgan fingerprint density at radius 3 is 2.40 bits per heavy atom. The third-order valence-electron chi connectivity index (χ3n) is 4.02. The lowest BCUT2D eigenvalue weighted by Gasteiger charge is -2.24. The average Bonchev–Trinajstić information content (AvgIpc) is 2.60. The Balaban J connectivity index is 2.56. The van der Waals surface area contributed by atoms with Crippen molar-refractivity contribution in [3.63, 3.8) is 0 Å². The fraction of sp³-hybridized carbons (Fsp3) is 0.556. The predicted octanol–water partition coefficient (Wildman–Crippen LogP) is 2.18. The number of nitrogens with zero attached hydrogens (tertiary/aromatic N) is 1. The van der Waals surface area contributed by atoms with Crippen molar-refractivity contribution in [2.24, 2.45) is 5.41 Å². The van der Waals surface area contributed by atoms with Crippen LogP contribution in [0.5, 0.6) is 0 Å². The lowest BCUT2D eigenvalue weighted by Crippen LogP contribution is -2.49. The molecule has 2 N–H and O–H groups in total. The number of ether oxygens (including phenoxy) is 1. The summed E-state index contributed by atoms with van der Waals surface area (Å²) in [5.74, 6) is -1.15. The van der Waals surface area contributed by atoms with Crippen LogP contribution in [-0.4, -0.2) is 49.0 Å². The average molecular weight is 368 g/mol. The molecule has 1 aromatic rings. The van der Waals surface area contributed by atoms with Gasteiger partial charge in [-0.1, -0.05) is 26.0 Å². The van der Waals surface area contributed by atoms with Crippen molar-refractivity contribution in [1.82, 2.24) is 5.32 Å². The van der Waals surface area contributed by atoms with Crippen molar-refractivity contribution in [3.8, 4) is 0 Å². The molecule has 6 nitrogen and oxygen atoms in total. The molecule has 0 aliphatic heterocycles. The molecule has 0 radical (unpaired) electrons. The minimum absolute atomic E-state index is 0.0969. The number of carboxylic acids is 1. The molecule has 0 bridgehead atoms. The molecule has 0 saturated heterocycles. The number of hydrogen-bond acceptors (Lipinski definition) is 5. The third kappa shape index (κ3) is 6.59. The van der Waals surface area contributed by atoms with Gasteiger partial charge in [0.15, 0.2) is 6.04 Å². The number of anilines is 1. The number of carboxylic acid groups (broad SMARTS) is 1. The van der Waals surface area contributed by atoms with Crippen molar-refractivity contribution in [1.29, 1.82) is 0 Å². The van der Waals surface area contributed by atoms with Crippen LogP contribution in [0, 0.1) is 5.41 Å². The molecule has 0 aromatic heterocycles. The fourth-order valence-corrected chi connectivity index (χ4v) is 2.07. The normalized spacial score (nSPS) is 12.5. The standard InChI is InChI=1S/C18H28N2O4S/c1-5-20(4)14-8-6-13(7-9-14)10-24-11-15(16(21)22)19-17(23)18(2,3)12-25/h6-9,15,25H,5,10-12H2,1-4H3,(H,19,23)(H,21,22)/t15-/m0/s1. The minimum Gasteiger partial charge on any atom is -0.480 e. The van der Waals surface area contributed by atoms with E-state index < -0.39 is 17.4 Å². The summed E-state index contributed by atoms with van der Waals surface area (Å²) in [5.41, 5.74) is 1.31. The Bertz CT molecular complexity index is 575. The second kappa shape index (κ2) is 9.68. The van der Waals surface area contributed by atoms with Crippen LogP contribution < -0.4 is 10.2 Å². The molecule has 0 saturated carbocycles. The number of benzene rings is 1. The van der Waals surface area contributed by atoms with E-state index in [2.05, 4.69) is 29.8 Å². The van der Waals surface area contributed by atoms with Crippen LogP contribution >= 0.6 is 12.6 Å². The lowest BCUT2D eigenvalue weighted by atomic mass is 9.95. The van der Waals surface area contributed by atoms with Crippen LogP contribution in [0.25, 0.3) is 0 Å². The predicted molar refractivity (Wildman–Crippen MR) is 102 cm³/mol. The molecule has 140 valence electrons. The SMILES string of the molecule is CCN(C)c1ccc(COC[C@H](NC(=O)C(C)(C)CS)C(=O)O)cc1. The van der Waals surface area contributed by atoms with E-state index in [1.807, 2.05) is 31.3 Å². The Morgan fingerprint density at radius 1 is 1.32 bits per heavy atom. The summed E-state index contributed by atoms with van der Waals surface area (Å²) in [6.07, 6.45) is 0. The van der Waals surface area contributed by atoms with Crippen LogP contribution in [-0.2, 0) is 20.9 Å². The molecule has 0 aliphatic carbocycles. The van der Waals surface area contributed by atoms with Gasteiger partial charge >= 0.3 is 5.97 Å². The molecule has 0 heterocycles. The fourth-order valence-electron chi connectivity index (χ4n) is 1.92. The largest absolute Gasteiger partial charge is 0.480 e. The van der Waals surface area contributed by atoms with Gasteiger partial charge in [0.05, 0.1) is 18.6 Å². The highest BCUT2D eigenvalue weighted by atomic mass is 32.1. The van der Waals surface area contributed by atoms with Crippen molar-refractivity contribution in [3.05, 3.63) is 29.8 Å². The first-order valence-electron chi connectivity index (χ1n) is 8.23. The van der Waals surface area contributed by atoms with Crippen molar-refractivity contribution in [2.45, 2.75) is 33.4 Å². The van der Waals surface area contributed by atoms with Gasteiger partial charge < -0.3 is 20.1 Å². The number of nitrogens with one attached hydrogen (secondary N) is 1. The maximum atomic E-state index is 12.1. The Morgan fingerprint density at radius 2 is 1.92 bits per heavy atom. The van der Waals surface area contributed by atoms with Crippen LogP contribution in [0.4, 0.5) is 5.69 Å². The highest BCUT2D eigenvalue weighted by Crippen LogP contribution is 2.17. The van der Waals surface area contributed by atoms with Gasteiger partial charge in [-0.3, -0.25) is 4.79 Å². The maximum absolute atomic E-state index is 12.1. The van der Waals surface area contributed by atoms with E-state index in [1.54, 1.807) is 13.8 Å². The molecule has 0 spiro atoms.